The maximum absolute atomic E-state index is 13.1. The van der Waals surface area contributed by atoms with Gasteiger partial charge in [0.1, 0.15) is 0 Å². The molecule has 1 heterocycles. The van der Waals surface area contributed by atoms with Gasteiger partial charge in [-0.1, -0.05) is 36.4 Å². The van der Waals surface area contributed by atoms with Crippen LogP contribution in [0, 0.1) is 6.92 Å². The number of halogens is 3. The van der Waals surface area contributed by atoms with Gasteiger partial charge in [-0.3, -0.25) is 9.78 Å². The molecule has 0 unspecified atom stereocenters. The summed E-state index contributed by atoms with van der Waals surface area (Å²) in [7, 11) is 0. The van der Waals surface area contributed by atoms with Gasteiger partial charge in [0.2, 0.25) is 0 Å². The van der Waals surface area contributed by atoms with E-state index in [4.69, 9.17) is 0 Å². The molecule has 3 aromatic carbocycles. The number of aryl methyl sites for hydroxylation is 1. The third kappa shape index (κ3) is 6.06. The SMILES string of the molecule is Cc1cc(NCCc2ccccn2)ccc1NC(=O)c1ccccc1-c1ccc(C(F)(F)F)cc1. The minimum atomic E-state index is -4.41. The standard InChI is InChI=1S/C28H24F3N3O/c1-19-18-23(33-17-15-22-6-4-5-16-32-22)13-14-26(19)34-27(35)25-8-3-2-7-24(25)20-9-11-21(12-10-20)28(29,30)31/h2-14,16,18,33H,15,17H2,1H3,(H,34,35). The van der Waals surface area contributed by atoms with Gasteiger partial charge in [-0.05, 0) is 72.1 Å². The highest BCUT2D eigenvalue weighted by atomic mass is 19.4. The second kappa shape index (κ2) is 10.4. The van der Waals surface area contributed by atoms with Crippen molar-refractivity contribution in [3.05, 3.63) is 114 Å². The predicted octanol–water partition coefficient (Wildman–Crippen LogP) is 6.98. The molecule has 0 radical (unpaired) electrons. The quantitative estimate of drug-likeness (QED) is 0.303. The van der Waals surface area contributed by atoms with E-state index < -0.39 is 11.7 Å². The number of carbonyl (C=O) groups is 1. The van der Waals surface area contributed by atoms with Crippen LogP contribution in [0.15, 0.2) is 91.1 Å². The average molecular weight is 476 g/mol. The van der Waals surface area contributed by atoms with E-state index in [0.29, 0.717) is 22.4 Å². The Bertz CT molecular complexity index is 1300. The lowest BCUT2D eigenvalue weighted by molar-refractivity contribution is -0.137. The lowest BCUT2D eigenvalue weighted by Crippen LogP contribution is -2.14. The molecule has 0 aliphatic heterocycles. The highest BCUT2D eigenvalue weighted by molar-refractivity contribution is 6.09. The van der Waals surface area contributed by atoms with Crippen molar-refractivity contribution >= 4 is 17.3 Å². The number of nitrogens with zero attached hydrogens (tertiary/aromatic N) is 1. The lowest BCUT2D eigenvalue weighted by Gasteiger charge is -2.14. The van der Waals surface area contributed by atoms with Crippen LogP contribution in [-0.4, -0.2) is 17.4 Å². The molecule has 4 rings (SSSR count). The monoisotopic (exact) mass is 475 g/mol. The van der Waals surface area contributed by atoms with Gasteiger partial charge in [0, 0.05) is 41.8 Å². The zero-order valence-electron chi connectivity index (χ0n) is 19.1. The number of rotatable bonds is 7. The molecule has 0 spiro atoms. The molecule has 35 heavy (non-hydrogen) atoms. The highest BCUT2D eigenvalue weighted by Gasteiger charge is 2.30. The van der Waals surface area contributed by atoms with E-state index >= 15 is 0 Å². The van der Waals surface area contributed by atoms with Gasteiger partial charge in [0.25, 0.3) is 5.91 Å². The van der Waals surface area contributed by atoms with Crippen molar-refractivity contribution in [2.45, 2.75) is 19.5 Å². The molecule has 0 aliphatic rings. The first-order valence-electron chi connectivity index (χ1n) is 11.1. The fraction of sp³-hybridized carbons (Fsp3) is 0.143. The van der Waals surface area contributed by atoms with Crippen molar-refractivity contribution in [1.29, 1.82) is 0 Å². The summed E-state index contributed by atoms with van der Waals surface area (Å²) < 4.78 is 38.7. The van der Waals surface area contributed by atoms with Crippen LogP contribution in [0.3, 0.4) is 0 Å². The van der Waals surface area contributed by atoms with E-state index in [-0.39, 0.29) is 5.91 Å². The Kier molecular flexibility index (Phi) is 7.15. The maximum atomic E-state index is 13.1. The van der Waals surface area contributed by atoms with Gasteiger partial charge in [-0.15, -0.1) is 0 Å². The zero-order valence-corrected chi connectivity index (χ0v) is 19.1. The normalized spacial score (nSPS) is 11.2. The topological polar surface area (TPSA) is 54.0 Å². The number of pyridine rings is 1. The van der Waals surface area contributed by atoms with Crippen molar-refractivity contribution in [2.75, 3.05) is 17.2 Å². The Morgan fingerprint density at radius 1 is 0.914 bits per heavy atom. The second-order valence-corrected chi connectivity index (χ2v) is 8.10. The highest BCUT2D eigenvalue weighted by Crippen LogP contribution is 2.32. The number of alkyl halides is 3. The summed E-state index contributed by atoms with van der Waals surface area (Å²) in [4.78, 5) is 17.4. The third-order valence-corrected chi connectivity index (χ3v) is 5.61. The van der Waals surface area contributed by atoms with Crippen LogP contribution in [0.5, 0.6) is 0 Å². The van der Waals surface area contributed by atoms with Crippen LogP contribution in [0.2, 0.25) is 0 Å². The number of aromatic nitrogens is 1. The van der Waals surface area contributed by atoms with E-state index in [1.54, 1.807) is 30.5 Å². The Morgan fingerprint density at radius 2 is 1.66 bits per heavy atom. The molecule has 0 bridgehead atoms. The summed E-state index contributed by atoms with van der Waals surface area (Å²) in [6, 6.07) is 23.2. The molecular weight excluding hydrogens is 451 g/mol. The van der Waals surface area contributed by atoms with Crippen LogP contribution in [-0.2, 0) is 12.6 Å². The summed E-state index contributed by atoms with van der Waals surface area (Å²) in [6.07, 6.45) is -1.85. The number of benzene rings is 3. The zero-order chi connectivity index (χ0) is 24.8. The van der Waals surface area contributed by atoms with Crippen LogP contribution in [0.4, 0.5) is 24.5 Å². The number of carbonyl (C=O) groups excluding carboxylic acids is 1. The summed E-state index contributed by atoms with van der Waals surface area (Å²) in [5.74, 6) is -0.334. The fourth-order valence-electron chi connectivity index (χ4n) is 3.76. The average Bonchev–Trinajstić information content (AvgIpc) is 2.86. The van der Waals surface area contributed by atoms with Crippen molar-refractivity contribution in [3.63, 3.8) is 0 Å². The molecule has 0 saturated heterocycles. The minimum absolute atomic E-state index is 0.334. The predicted molar refractivity (Wildman–Crippen MR) is 132 cm³/mol. The molecule has 0 atom stereocenters. The summed E-state index contributed by atoms with van der Waals surface area (Å²) in [6.45, 7) is 2.63. The van der Waals surface area contributed by atoms with Crippen LogP contribution in [0.25, 0.3) is 11.1 Å². The molecule has 1 aromatic heterocycles. The van der Waals surface area contributed by atoms with Crippen LogP contribution in [0.1, 0.15) is 27.2 Å². The number of nitrogens with one attached hydrogen (secondary N) is 2. The molecule has 7 heteroatoms. The summed E-state index contributed by atoms with van der Waals surface area (Å²) in [5, 5.41) is 6.28. The largest absolute Gasteiger partial charge is 0.416 e. The van der Waals surface area contributed by atoms with Gasteiger partial charge in [-0.25, -0.2) is 0 Å². The van der Waals surface area contributed by atoms with Crippen molar-refractivity contribution in [1.82, 2.24) is 4.98 Å². The van der Waals surface area contributed by atoms with E-state index in [1.807, 2.05) is 43.3 Å². The smallest absolute Gasteiger partial charge is 0.385 e. The Morgan fingerprint density at radius 3 is 2.34 bits per heavy atom. The molecule has 0 aliphatic carbocycles. The first-order chi connectivity index (χ1) is 16.8. The Hall–Kier alpha value is -4.13. The molecule has 4 nitrogen and oxygen atoms in total. The van der Waals surface area contributed by atoms with E-state index in [9.17, 15) is 18.0 Å². The molecular formula is C28H24F3N3O. The van der Waals surface area contributed by atoms with Gasteiger partial charge in [0.15, 0.2) is 0 Å². The van der Waals surface area contributed by atoms with Gasteiger partial charge < -0.3 is 10.6 Å². The number of amides is 1. The number of anilines is 2. The molecule has 2 N–H and O–H groups in total. The van der Waals surface area contributed by atoms with Crippen molar-refractivity contribution in [2.24, 2.45) is 0 Å². The van der Waals surface area contributed by atoms with Gasteiger partial charge in [0.05, 0.1) is 5.56 Å². The summed E-state index contributed by atoms with van der Waals surface area (Å²) >= 11 is 0. The summed E-state index contributed by atoms with van der Waals surface area (Å²) in [5.41, 5.74) is 4.23. The van der Waals surface area contributed by atoms with Gasteiger partial charge >= 0.3 is 6.18 Å². The van der Waals surface area contributed by atoms with E-state index in [1.165, 1.54) is 12.1 Å². The number of hydrogen-bond donors (Lipinski definition) is 2. The first-order valence-corrected chi connectivity index (χ1v) is 11.1. The van der Waals surface area contributed by atoms with Crippen LogP contribution < -0.4 is 10.6 Å². The first kappa shape index (κ1) is 24.0. The molecule has 0 fully saturated rings. The fourth-order valence-corrected chi connectivity index (χ4v) is 3.76. The molecule has 0 saturated carbocycles. The second-order valence-electron chi connectivity index (χ2n) is 8.10. The Balaban J connectivity index is 1.45. The molecule has 1 amide bonds. The minimum Gasteiger partial charge on any atom is -0.385 e. The third-order valence-electron chi connectivity index (χ3n) is 5.61. The van der Waals surface area contributed by atoms with E-state index in [0.717, 1.165) is 42.0 Å². The van der Waals surface area contributed by atoms with Crippen molar-refractivity contribution in [3.8, 4) is 11.1 Å². The molecule has 178 valence electrons. The lowest BCUT2D eigenvalue weighted by atomic mass is 9.98. The Labute approximate surface area is 201 Å². The number of hydrogen-bond acceptors (Lipinski definition) is 3. The maximum Gasteiger partial charge on any atom is 0.416 e. The van der Waals surface area contributed by atoms with Crippen LogP contribution >= 0.6 is 0 Å². The van der Waals surface area contributed by atoms with Crippen molar-refractivity contribution < 1.29 is 18.0 Å². The van der Waals surface area contributed by atoms with E-state index in [2.05, 4.69) is 15.6 Å². The molecule has 4 aromatic rings. The van der Waals surface area contributed by atoms with Gasteiger partial charge in [-0.2, -0.15) is 13.2 Å².